The lowest BCUT2D eigenvalue weighted by Gasteiger charge is -2.30. The molecule has 3 nitrogen and oxygen atoms in total. The van der Waals surface area contributed by atoms with E-state index in [1.54, 1.807) is 0 Å². The molecule has 0 amide bonds. The van der Waals surface area contributed by atoms with Gasteiger partial charge in [0.2, 0.25) is 0 Å². The van der Waals surface area contributed by atoms with Gasteiger partial charge in [0.15, 0.2) is 5.76 Å². The van der Waals surface area contributed by atoms with Crippen LogP contribution in [0, 0.1) is 5.92 Å². The predicted molar refractivity (Wildman–Crippen MR) is 109 cm³/mol. The van der Waals surface area contributed by atoms with E-state index in [0.717, 1.165) is 28.0 Å². The molecule has 0 radical (unpaired) electrons. The third kappa shape index (κ3) is 2.72. The van der Waals surface area contributed by atoms with Crippen LogP contribution >= 0.6 is 0 Å². The first-order valence-electron chi connectivity index (χ1n) is 9.70. The number of likely N-dealkylation sites (N-methyl/N-ethyl adjacent to an activating group) is 1. The molecule has 0 bridgehead atoms. The molecule has 2 aliphatic rings. The predicted octanol–water partition coefficient (Wildman–Crippen LogP) is 5.08. The van der Waals surface area contributed by atoms with Crippen LogP contribution in [0.15, 0.2) is 48.5 Å². The van der Waals surface area contributed by atoms with Gasteiger partial charge < -0.3 is 4.84 Å². The summed E-state index contributed by atoms with van der Waals surface area (Å²) in [6.45, 7) is 8.35. The number of hydroxylamine groups is 2. The van der Waals surface area contributed by atoms with Gasteiger partial charge in [0.05, 0.1) is 5.54 Å². The van der Waals surface area contributed by atoms with Crippen LogP contribution in [-0.2, 0) is 16.1 Å². The summed E-state index contributed by atoms with van der Waals surface area (Å²) in [7, 11) is 1.98. The Bertz CT molecular complexity index is 939. The molecule has 2 aromatic rings. The molecule has 2 aromatic carbocycles. The second-order valence-electron chi connectivity index (χ2n) is 8.41. The molecule has 0 N–H and O–H groups in total. The van der Waals surface area contributed by atoms with E-state index in [4.69, 9.17) is 4.84 Å². The van der Waals surface area contributed by atoms with E-state index in [1.165, 1.54) is 5.56 Å². The molecule has 0 spiro atoms. The van der Waals surface area contributed by atoms with Crippen LogP contribution in [0.1, 0.15) is 55.9 Å². The van der Waals surface area contributed by atoms with Crippen molar-refractivity contribution in [3.05, 3.63) is 70.8 Å². The summed E-state index contributed by atoms with van der Waals surface area (Å²) in [4.78, 5) is 19.5. The third-order valence-electron chi connectivity index (χ3n) is 6.06. The van der Waals surface area contributed by atoms with Gasteiger partial charge in [-0.25, -0.2) is 0 Å². The van der Waals surface area contributed by atoms with E-state index in [9.17, 15) is 4.79 Å². The first kappa shape index (κ1) is 18.0. The van der Waals surface area contributed by atoms with Crippen LogP contribution in [0.4, 0.5) is 0 Å². The number of nitrogens with zero attached hydrogens (tertiary/aromatic N) is 1. The van der Waals surface area contributed by atoms with Crippen molar-refractivity contribution in [2.24, 2.45) is 5.92 Å². The highest BCUT2D eigenvalue weighted by Gasteiger charge is 2.44. The van der Waals surface area contributed by atoms with Crippen molar-refractivity contribution in [2.45, 2.75) is 45.6 Å². The van der Waals surface area contributed by atoms with E-state index >= 15 is 0 Å². The maximum absolute atomic E-state index is 13.2. The normalized spacial score (nSPS) is 21.0. The number of hydrogen-bond donors (Lipinski definition) is 0. The Morgan fingerprint density at radius 2 is 1.70 bits per heavy atom. The summed E-state index contributed by atoms with van der Waals surface area (Å²) < 4.78 is 0. The van der Waals surface area contributed by atoms with Gasteiger partial charge in [-0.15, -0.1) is 5.06 Å². The lowest BCUT2D eigenvalue weighted by molar-refractivity contribution is -0.123. The van der Waals surface area contributed by atoms with Gasteiger partial charge in [-0.05, 0) is 37.0 Å². The highest BCUT2D eigenvalue weighted by Crippen LogP contribution is 2.49. The molecule has 0 saturated heterocycles. The highest BCUT2D eigenvalue weighted by molar-refractivity contribution is 5.98. The Balaban J connectivity index is 2.06. The lowest BCUT2D eigenvalue weighted by Crippen LogP contribution is -2.36. The molecule has 4 rings (SSSR count). The van der Waals surface area contributed by atoms with Gasteiger partial charge in [0.25, 0.3) is 0 Å². The largest absolute Gasteiger partial charge is 0.404 e. The van der Waals surface area contributed by atoms with Crippen LogP contribution in [-0.4, -0.2) is 23.4 Å². The van der Waals surface area contributed by atoms with Crippen LogP contribution < -0.4 is 0 Å². The summed E-state index contributed by atoms with van der Waals surface area (Å²) in [5.41, 5.74) is 5.39. The van der Waals surface area contributed by atoms with Gasteiger partial charge in [0.1, 0.15) is 5.78 Å². The Labute approximate surface area is 161 Å². The maximum Gasteiger partial charge on any atom is 0.160 e. The van der Waals surface area contributed by atoms with Crippen molar-refractivity contribution in [1.29, 1.82) is 0 Å². The zero-order chi connectivity index (χ0) is 19.3. The number of fused-ring (bicyclic) bond motifs is 4. The molecule has 27 heavy (non-hydrogen) atoms. The average Bonchev–Trinajstić information content (AvgIpc) is 2.87. The Kier molecular flexibility index (Phi) is 4.23. The fraction of sp³-hybridized carbons (Fsp3) is 0.375. The van der Waals surface area contributed by atoms with Crippen molar-refractivity contribution in [2.75, 3.05) is 7.05 Å². The monoisotopic (exact) mass is 361 g/mol. The number of hydrogen-bond acceptors (Lipinski definition) is 3. The fourth-order valence-electron chi connectivity index (χ4n) is 4.30. The fourth-order valence-corrected chi connectivity index (χ4v) is 4.30. The first-order valence-corrected chi connectivity index (χ1v) is 9.70. The van der Waals surface area contributed by atoms with Crippen molar-refractivity contribution < 1.29 is 9.63 Å². The van der Waals surface area contributed by atoms with Crippen LogP contribution in [0.3, 0.4) is 0 Å². The minimum absolute atomic E-state index is 0.00129. The van der Waals surface area contributed by atoms with Crippen LogP contribution in [0.2, 0.25) is 0 Å². The molecule has 3 heteroatoms. The van der Waals surface area contributed by atoms with Gasteiger partial charge in [0, 0.05) is 30.0 Å². The molecule has 140 valence electrons. The topological polar surface area (TPSA) is 29.5 Å². The zero-order valence-corrected chi connectivity index (χ0v) is 16.7. The molecule has 0 aromatic heterocycles. The molecule has 1 heterocycles. The summed E-state index contributed by atoms with van der Waals surface area (Å²) >= 11 is 0. The van der Waals surface area contributed by atoms with Crippen molar-refractivity contribution in [3.63, 3.8) is 0 Å². The van der Waals surface area contributed by atoms with E-state index in [0.29, 0.717) is 12.2 Å². The SMILES string of the molecule is CC(C)C(=O)C1Cc2ccccc2C2=C(c3ccccc31)C(C)(C)N(C)O2. The number of carbonyl (C=O) groups excluding carboxylic acids is 1. The van der Waals surface area contributed by atoms with Gasteiger partial charge in [-0.2, -0.15) is 0 Å². The smallest absolute Gasteiger partial charge is 0.160 e. The number of ketones is 1. The third-order valence-corrected chi connectivity index (χ3v) is 6.06. The minimum Gasteiger partial charge on any atom is -0.404 e. The zero-order valence-electron chi connectivity index (χ0n) is 16.7. The molecule has 1 atom stereocenters. The number of rotatable bonds is 2. The second-order valence-corrected chi connectivity index (χ2v) is 8.41. The van der Waals surface area contributed by atoms with Gasteiger partial charge in [-0.1, -0.05) is 62.4 Å². The van der Waals surface area contributed by atoms with Gasteiger partial charge in [-0.3, -0.25) is 4.79 Å². The minimum atomic E-state index is -0.290. The Morgan fingerprint density at radius 1 is 1.07 bits per heavy atom. The van der Waals surface area contributed by atoms with Crippen LogP contribution in [0.25, 0.3) is 11.3 Å². The molecular weight excluding hydrogens is 334 g/mol. The van der Waals surface area contributed by atoms with E-state index in [2.05, 4.69) is 44.2 Å². The van der Waals surface area contributed by atoms with E-state index < -0.39 is 0 Å². The Hall–Kier alpha value is -2.39. The molecule has 1 unspecified atom stereocenters. The highest BCUT2D eigenvalue weighted by atomic mass is 16.7. The van der Waals surface area contributed by atoms with Crippen LogP contribution in [0.5, 0.6) is 0 Å². The van der Waals surface area contributed by atoms with Gasteiger partial charge >= 0.3 is 0 Å². The number of carbonyl (C=O) groups is 1. The Morgan fingerprint density at radius 3 is 2.41 bits per heavy atom. The summed E-state index contributed by atoms with van der Waals surface area (Å²) in [5, 5.41) is 1.93. The van der Waals surface area contributed by atoms with E-state index in [1.807, 2.05) is 44.2 Å². The summed E-state index contributed by atoms with van der Waals surface area (Å²) in [5.74, 6) is 1.07. The quantitative estimate of drug-likeness (QED) is 0.747. The molecule has 1 aliphatic heterocycles. The van der Waals surface area contributed by atoms with Crippen molar-refractivity contribution in [1.82, 2.24) is 5.06 Å². The average molecular weight is 361 g/mol. The van der Waals surface area contributed by atoms with Crippen molar-refractivity contribution in [3.8, 4) is 0 Å². The lowest BCUT2D eigenvalue weighted by atomic mass is 9.74. The standard InChI is InChI=1S/C24H27NO2/c1-15(2)22(26)20-14-16-10-6-7-11-17(16)23-21(24(3,4)25(5)27-23)19-13-9-8-12-18(19)20/h6-13,15,20H,14H2,1-5H3. The maximum atomic E-state index is 13.2. The molecule has 1 aliphatic carbocycles. The summed E-state index contributed by atoms with van der Waals surface area (Å²) in [6, 6.07) is 16.7. The number of Topliss-reactive ketones (excluding diaryl/α,β-unsaturated/α-hetero) is 1. The first-order chi connectivity index (χ1) is 12.8. The molecule has 0 fully saturated rings. The van der Waals surface area contributed by atoms with Crippen molar-refractivity contribution >= 4 is 17.1 Å². The second kappa shape index (κ2) is 6.35. The summed E-state index contributed by atoms with van der Waals surface area (Å²) in [6.07, 6.45) is 0.703. The van der Waals surface area contributed by atoms with E-state index in [-0.39, 0.29) is 17.4 Å². The molecular formula is C24H27NO2. The molecule has 0 saturated carbocycles. The number of benzene rings is 2.